The average molecular weight is 549 g/mol. The monoisotopic (exact) mass is 548 g/mol. The van der Waals surface area contributed by atoms with Crippen molar-refractivity contribution in [1.29, 1.82) is 0 Å². The van der Waals surface area contributed by atoms with Crippen molar-refractivity contribution in [3.05, 3.63) is 52.3 Å². The number of benzene rings is 1. The molecule has 1 heterocycles. The van der Waals surface area contributed by atoms with Crippen molar-refractivity contribution in [2.75, 3.05) is 19.6 Å². The molecule has 0 radical (unpaired) electrons. The quantitative estimate of drug-likeness (QED) is 0.205. The van der Waals surface area contributed by atoms with Gasteiger partial charge < -0.3 is 16.0 Å². The third kappa shape index (κ3) is 8.29. The first kappa shape index (κ1) is 23.4. The summed E-state index contributed by atoms with van der Waals surface area (Å²) in [5.74, 6) is 0.690. The maximum Gasteiger partial charge on any atom is 0.251 e. The lowest BCUT2D eigenvalue weighted by Crippen LogP contribution is -2.38. The molecule has 1 aromatic carbocycles. The summed E-state index contributed by atoms with van der Waals surface area (Å²) in [5.41, 5.74) is 1.70. The molecule has 0 fully saturated rings. The summed E-state index contributed by atoms with van der Waals surface area (Å²) in [4.78, 5) is 16.6. The van der Waals surface area contributed by atoms with Gasteiger partial charge in [-0.2, -0.15) is 5.10 Å². The van der Waals surface area contributed by atoms with Crippen LogP contribution < -0.4 is 16.0 Å². The number of aryl methyl sites for hydroxylation is 1. The third-order valence-corrected chi connectivity index (χ3v) is 4.18. The lowest BCUT2D eigenvalue weighted by Gasteiger charge is -2.11. The number of carbonyl (C=O) groups is 1. The van der Waals surface area contributed by atoms with Crippen molar-refractivity contribution in [1.82, 2.24) is 25.7 Å². The number of hydrogen-bond acceptors (Lipinski definition) is 3. The van der Waals surface area contributed by atoms with Crippen LogP contribution in [0.5, 0.6) is 0 Å². The molecule has 0 aliphatic carbocycles. The molecule has 0 aliphatic heterocycles. The topological polar surface area (TPSA) is 83.3 Å². The van der Waals surface area contributed by atoms with Crippen molar-refractivity contribution in [3.63, 3.8) is 0 Å². The molecule has 3 N–H and O–H groups in total. The molecule has 7 nitrogen and oxygen atoms in total. The van der Waals surface area contributed by atoms with Crippen LogP contribution in [-0.2, 0) is 13.6 Å². The van der Waals surface area contributed by atoms with Crippen molar-refractivity contribution in [3.8, 4) is 0 Å². The lowest BCUT2D eigenvalue weighted by atomic mass is 10.2. The zero-order valence-electron chi connectivity index (χ0n) is 15.5. The first-order chi connectivity index (χ1) is 12.6. The molecule has 2 aromatic rings. The molecule has 1 amide bonds. The smallest absolute Gasteiger partial charge is 0.251 e. The number of nitrogens with one attached hydrogen (secondary N) is 3. The van der Waals surface area contributed by atoms with Gasteiger partial charge in [0.15, 0.2) is 5.96 Å². The van der Waals surface area contributed by atoms with E-state index in [1.165, 1.54) is 0 Å². The van der Waals surface area contributed by atoms with Crippen molar-refractivity contribution >= 4 is 51.8 Å². The first-order valence-corrected chi connectivity index (χ1v) is 9.42. The van der Waals surface area contributed by atoms with Gasteiger partial charge in [-0.1, -0.05) is 22.0 Å². The number of halogens is 2. The highest BCUT2D eigenvalue weighted by molar-refractivity contribution is 14.0. The molecule has 0 aliphatic rings. The van der Waals surface area contributed by atoms with Gasteiger partial charge in [-0.3, -0.25) is 9.48 Å². The van der Waals surface area contributed by atoms with Crippen LogP contribution in [0.4, 0.5) is 0 Å². The normalized spacial score (nSPS) is 10.9. The second kappa shape index (κ2) is 12.7. The fourth-order valence-electron chi connectivity index (χ4n) is 2.29. The fourth-order valence-corrected chi connectivity index (χ4v) is 2.69. The van der Waals surface area contributed by atoms with E-state index in [4.69, 9.17) is 0 Å². The molecule has 0 unspecified atom stereocenters. The molecule has 0 bridgehead atoms. The molecule has 0 saturated heterocycles. The summed E-state index contributed by atoms with van der Waals surface area (Å²) in [7, 11) is 1.90. The molecular formula is C18H26BrIN6O. The van der Waals surface area contributed by atoms with Gasteiger partial charge in [0.05, 0.1) is 12.2 Å². The predicted octanol–water partition coefficient (Wildman–Crippen LogP) is 2.68. The largest absolute Gasteiger partial charge is 0.357 e. The minimum atomic E-state index is -0.0666. The Morgan fingerprint density at radius 2 is 2.00 bits per heavy atom. The van der Waals surface area contributed by atoms with E-state index in [0.717, 1.165) is 35.6 Å². The Kier molecular flexibility index (Phi) is 11.0. The van der Waals surface area contributed by atoms with E-state index in [1.54, 1.807) is 12.3 Å². The number of aliphatic imine (C=N–C) groups is 1. The second-order valence-electron chi connectivity index (χ2n) is 5.69. The highest BCUT2D eigenvalue weighted by Crippen LogP contribution is 2.11. The maximum absolute atomic E-state index is 12.1. The minimum absolute atomic E-state index is 0. The van der Waals surface area contributed by atoms with Crippen LogP contribution in [0.1, 0.15) is 29.4 Å². The number of rotatable bonds is 8. The summed E-state index contributed by atoms with van der Waals surface area (Å²) in [6.45, 7) is 4.69. The third-order valence-electron chi connectivity index (χ3n) is 3.68. The molecule has 148 valence electrons. The number of hydrogen-bond donors (Lipinski definition) is 3. The number of guanidine groups is 1. The Balaban J connectivity index is 0.00000364. The Labute approximate surface area is 185 Å². The molecule has 9 heteroatoms. The molecule has 0 atom stereocenters. The fraction of sp³-hybridized carbons (Fsp3) is 0.389. The highest BCUT2D eigenvalue weighted by Gasteiger charge is 2.05. The Bertz CT molecular complexity index is 749. The van der Waals surface area contributed by atoms with Crippen LogP contribution in [-0.4, -0.2) is 41.3 Å². The standard InChI is InChI=1S/C18H25BrN6O.HI/c1-3-20-18(23-13-16-8-11-24-25(16)2)22-10-5-9-21-17(26)14-6-4-7-15(19)12-14;/h4,6-8,11-12H,3,5,9-10,13H2,1-2H3,(H,21,26)(H2,20,22,23);1H. The Morgan fingerprint density at radius 1 is 1.22 bits per heavy atom. The summed E-state index contributed by atoms with van der Waals surface area (Å²) < 4.78 is 2.71. The second-order valence-corrected chi connectivity index (χ2v) is 6.60. The van der Waals surface area contributed by atoms with E-state index in [1.807, 2.05) is 42.9 Å². The van der Waals surface area contributed by atoms with E-state index in [9.17, 15) is 4.79 Å². The van der Waals surface area contributed by atoms with Crippen LogP contribution in [0.25, 0.3) is 0 Å². The Morgan fingerprint density at radius 3 is 2.67 bits per heavy atom. The molecule has 2 rings (SSSR count). The maximum atomic E-state index is 12.1. The van der Waals surface area contributed by atoms with Crippen LogP contribution >= 0.6 is 39.9 Å². The van der Waals surface area contributed by atoms with Gasteiger partial charge >= 0.3 is 0 Å². The molecule has 0 saturated carbocycles. The summed E-state index contributed by atoms with van der Waals surface area (Å²) >= 11 is 3.37. The summed E-state index contributed by atoms with van der Waals surface area (Å²) in [6, 6.07) is 9.30. The number of carbonyl (C=O) groups excluding carboxylic acids is 1. The molecular weight excluding hydrogens is 523 g/mol. The van der Waals surface area contributed by atoms with Gasteiger partial charge in [-0.15, -0.1) is 24.0 Å². The lowest BCUT2D eigenvalue weighted by molar-refractivity contribution is 0.0953. The van der Waals surface area contributed by atoms with Crippen LogP contribution in [0, 0.1) is 0 Å². The number of nitrogens with zero attached hydrogens (tertiary/aromatic N) is 3. The first-order valence-electron chi connectivity index (χ1n) is 8.63. The highest BCUT2D eigenvalue weighted by atomic mass is 127. The molecule has 27 heavy (non-hydrogen) atoms. The van der Waals surface area contributed by atoms with E-state index in [-0.39, 0.29) is 29.9 Å². The van der Waals surface area contributed by atoms with E-state index >= 15 is 0 Å². The van der Waals surface area contributed by atoms with Gasteiger partial charge in [0, 0.05) is 42.9 Å². The van der Waals surface area contributed by atoms with Crippen LogP contribution in [0.3, 0.4) is 0 Å². The van der Waals surface area contributed by atoms with Crippen molar-refractivity contribution < 1.29 is 4.79 Å². The van der Waals surface area contributed by atoms with Crippen molar-refractivity contribution in [2.24, 2.45) is 12.0 Å². The van der Waals surface area contributed by atoms with Crippen LogP contribution in [0.15, 0.2) is 46.0 Å². The zero-order chi connectivity index (χ0) is 18.8. The van der Waals surface area contributed by atoms with Gasteiger partial charge in [0.2, 0.25) is 0 Å². The minimum Gasteiger partial charge on any atom is -0.357 e. The van der Waals surface area contributed by atoms with Crippen LogP contribution in [0.2, 0.25) is 0 Å². The molecule has 1 aromatic heterocycles. The van der Waals surface area contributed by atoms with Gasteiger partial charge in [0.1, 0.15) is 0 Å². The predicted molar refractivity (Wildman–Crippen MR) is 123 cm³/mol. The summed E-state index contributed by atoms with van der Waals surface area (Å²) in [6.07, 6.45) is 2.56. The van der Waals surface area contributed by atoms with E-state index < -0.39 is 0 Å². The van der Waals surface area contributed by atoms with Crippen molar-refractivity contribution in [2.45, 2.75) is 19.9 Å². The summed E-state index contributed by atoms with van der Waals surface area (Å²) in [5, 5.41) is 13.5. The van der Waals surface area contributed by atoms with Gasteiger partial charge in [-0.25, -0.2) is 4.99 Å². The molecule has 0 spiro atoms. The van der Waals surface area contributed by atoms with Gasteiger partial charge in [0.25, 0.3) is 5.91 Å². The SMILES string of the molecule is CCNC(=NCc1ccnn1C)NCCCNC(=O)c1cccc(Br)c1.I. The number of amides is 1. The van der Waals surface area contributed by atoms with Gasteiger partial charge in [-0.05, 0) is 37.6 Å². The average Bonchev–Trinajstić information content (AvgIpc) is 3.04. The zero-order valence-corrected chi connectivity index (χ0v) is 19.5. The van der Waals surface area contributed by atoms with E-state index in [0.29, 0.717) is 18.7 Å². The Hall–Kier alpha value is -1.62. The van der Waals surface area contributed by atoms with E-state index in [2.05, 4.69) is 42.0 Å². The number of aromatic nitrogens is 2.